The number of rotatable bonds is 0. The molecule has 2 heterocycles. The van der Waals surface area contributed by atoms with Gasteiger partial charge in [-0.25, -0.2) is 2.78 Å². The Bertz CT molecular complexity index is 839. The van der Waals surface area contributed by atoms with Crippen molar-refractivity contribution in [2.75, 3.05) is 0 Å². The third-order valence-electron chi connectivity index (χ3n) is 2.60. The van der Waals surface area contributed by atoms with Crippen molar-refractivity contribution in [3.8, 4) is 6.07 Å². The van der Waals surface area contributed by atoms with Gasteiger partial charge in [-0.15, -0.1) is 0 Å². The van der Waals surface area contributed by atoms with Crippen LogP contribution in [0.3, 0.4) is 0 Å². The van der Waals surface area contributed by atoms with Gasteiger partial charge in [-0.3, -0.25) is 4.79 Å². The zero-order valence-corrected chi connectivity index (χ0v) is 10.6. The predicted molar refractivity (Wildman–Crippen MR) is 72.1 cm³/mol. The predicted octanol–water partition coefficient (Wildman–Crippen LogP) is 2.82. The van der Waals surface area contributed by atoms with E-state index in [-0.39, 0.29) is 5.56 Å². The highest BCUT2D eigenvalue weighted by Crippen LogP contribution is 2.28. The van der Waals surface area contributed by atoms with Crippen molar-refractivity contribution >= 4 is 44.9 Å². The molecule has 17 heavy (non-hydrogen) atoms. The average molecular weight is 336 g/mol. The maximum atomic E-state index is 11.5. The van der Waals surface area contributed by atoms with Crippen molar-refractivity contribution in [2.24, 2.45) is 0 Å². The number of halogens is 1. The molecule has 0 aliphatic carbocycles. The van der Waals surface area contributed by atoms with Crippen molar-refractivity contribution in [3.63, 3.8) is 0 Å². The highest BCUT2D eigenvalue weighted by atomic mass is 127. The van der Waals surface area contributed by atoms with E-state index < -0.39 is 0 Å². The molecule has 0 unspecified atom stereocenters. The first-order valence-corrected chi connectivity index (χ1v) is 5.82. The number of furan rings is 1. The molecule has 0 radical (unpaired) electrons. The van der Waals surface area contributed by atoms with Gasteiger partial charge in [-0.05, 0) is 24.3 Å². The Hall–Kier alpha value is -1.81. The lowest BCUT2D eigenvalue weighted by Gasteiger charge is -1.93. The van der Waals surface area contributed by atoms with Gasteiger partial charge < -0.3 is 4.42 Å². The third kappa shape index (κ3) is 1.45. The maximum absolute atomic E-state index is 11.5. The number of pyridine rings is 1. The van der Waals surface area contributed by atoms with Crippen molar-refractivity contribution < 1.29 is 4.42 Å². The fourth-order valence-electron chi connectivity index (χ4n) is 1.80. The summed E-state index contributed by atoms with van der Waals surface area (Å²) in [7, 11) is 0. The molecule has 3 rings (SSSR count). The van der Waals surface area contributed by atoms with E-state index in [1.807, 2.05) is 22.9 Å². The maximum Gasteiger partial charge on any atom is 0.262 e. The molecule has 82 valence electrons. The number of nitriles is 1. The Balaban J connectivity index is 2.56. The summed E-state index contributed by atoms with van der Waals surface area (Å²) in [5, 5.41) is 10.6. The zero-order valence-electron chi connectivity index (χ0n) is 8.48. The Morgan fingerprint density at radius 1 is 1.24 bits per heavy atom. The molecule has 4 nitrogen and oxygen atoms in total. The van der Waals surface area contributed by atoms with Gasteiger partial charge in [-0.1, -0.05) is 0 Å². The minimum Gasteiger partial charge on any atom is -0.439 e. The number of hydrogen-bond donors (Lipinski definition) is 0. The molecule has 0 spiro atoms. The molecule has 2 aromatic heterocycles. The number of fused-ring (bicyclic) bond motifs is 3. The first kappa shape index (κ1) is 10.4. The van der Waals surface area contributed by atoms with Crippen LogP contribution in [-0.4, -0.2) is 2.78 Å². The van der Waals surface area contributed by atoms with Crippen LogP contribution in [0.5, 0.6) is 0 Å². The van der Waals surface area contributed by atoms with E-state index in [2.05, 4.69) is 6.07 Å². The topological polar surface area (TPSA) is 58.9 Å². The van der Waals surface area contributed by atoms with Crippen molar-refractivity contribution in [1.82, 2.24) is 2.78 Å². The Morgan fingerprint density at radius 2 is 2.06 bits per heavy atom. The molecule has 1 aromatic carbocycles. The van der Waals surface area contributed by atoms with Gasteiger partial charge in [0.25, 0.3) is 5.56 Å². The third-order valence-corrected chi connectivity index (χ3v) is 3.51. The molecule has 0 aliphatic rings. The summed E-state index contributed by atoms with van der Waals surface area (Å²) < 4.78 is 7.04. The first-order chi connectivity index (χ1) is 8.20. The molecule has 0 aliphatic heterocycles. The van der Waals surface area contributed by atoms with E-state index in [0.717, 1.165) is 10.8 Å². The molecule has 0 N–H and O–H groups in total. The van der Waals surface area contributed by atoms with Crippen molar-refractivity contribution in [3.05, 3.63) is 46.2 Å². The minimum absolute atomic E-state index is 0.127. The summed E-state index contributed by atoms with van der Waals surface area (Å²) in [5.74, 6) is 0. The number of benzene rings is 1. The van der Waals surface area contributed by atoms with Crippen LogP contribution in [0.15, 0.2) is 39.5 Å². The standard InChI is InChI=1S/C12H5IN2O2/c13-15-11(16)4-2-8-9-5-7(6-14)1-3-10(9)17-12(8)15/h1-5H. The molecule has 0 saturated heterocycles. The van der Waals surface area contributed by atoms with Crippen molar-refractivity contribution in [1.29, 1.82) is 5.26 Å². The molecular formula is C12H5IN2O2. The summed E-state index contributed by atoms with van der Waals surface area (Å²) >= 11 is 1.90. The molecule has 0 bridgehead atoms. The summed E-state index contributed by atoms with van der Waals surface area (Å²) in [6, 6.07) is 10.5. The summed E-state index contributed by atoms with van der Waals surface area (Å²) in [6.45, 7) is 0. The molecule has 0 atom stereocenters. The molecular weight excluding hydrogens is 331 g/mol. The summed E-state index contributed by atoms with van der Waals surface area (Å²) in [4.78, 5) is 11.5. The van der Waals surface area contributed by atoms with Gasteiger partial charge in [-0.2, -0.15) is 5.26 Å². The average Bonchev–Trinajstić information content (AvgIpc) is 2.72. The van der Waals surface area contributed by atoms with E-state index in [1.54, 1.807) is 24.3 Å². The second-order valence-electron chi connectivity index (χ2n) is 3.60. The van der Waals surface area contributed by atoms with Crippen LogP contribution in [-0.2, 0) is 0 Å². The lowest BCUT2D eigenvalue weighted by atomic mass is 10.1. The summed E-state index contributed by atoms with van der Waals surface area (Å²) in [5.41, 5.74) is 1.64. The van der Waals surface area contributed by atoms with Crippen LogP contribution in [0.2, 0.25) is 0 Å². The minimum atomic E-state index is -0.127. The molecule has 5 heteroatoms. The smallest absolute Gasteiger partial charge is 0.262 e. The monoisotopic (exact) mass is 336 g/mol. The molecule has 0 fully saturated rings. The van der Waals surface area contributed by atoms with Crippen LogP contribution in [0.1, 0.15) is 5.56 Å². The van der Waals surface area contributed by atoms with Gasteiger partial charge >= 0.3 is 0 Å². The normalized spacial score (nSPS) is 10.8. The quantitative estimate of drug-likeness (QED) is 0.593. The highest BCUT2D eigenvalue weighted by Gasteiger charge is 2.10. The zero-order chi connectivity index (χ0) is 12.0. The van der Waals surface area contributed by atoms with Crippen LogP contribution in [0.25, 0.3) is 22.1 Å². The largest absolute Gasteiger partial charge is 0.439 e. The Kier molecular flexibility index (Phi) is 2.19. The molecule has 0 amide bonds. The fraction of sp³-hybridized carbons (Fsp3) is 0. The lowest BCUT2D eigenvalue weighted by molar-refractivity contribution is 0.650. The second-order valence-corrected chi connectivity index (χ2v) is 4.56. The fourth-order valence-corrected chi connectivity index (χ4v) is 2.32. The van der Waals surface area contributed by atoms with Crippen LogP contribution in [0, 0.1) is 11.3 Å². The van der Waals surface area contributed by atoms with E-state index >= 15 is 0 Å². The number of nitrogens with zero attached hydrogens (tertiary/aromatic N) is 2. The van der Waals surface area contributed by atoms with Gasteiger partial charge in [0.15, 0.2) is 0 Å². The molecule has 3 aromatic rings. The SMILES string of the molecule is N#Cc1ccc2oc3c(ccc(=O)n3I)c2c1. The van der Waals surface area contributed by atoms with Crippen LogP contribution < -0.4 is 5.56 Å². The second kappa shape index (κ2) is 3.60. The van der Waals surface area contributed by atoms with Crippen LogP contribution >= 0.6 is 22.9 Å². The van der Waals surface area contributed by atoms with E-state index in [9.17, 15) is 4.79 Å². The van der Waals surface area contributed by atoms with Gasteiger partial charge in [0.05, 0.1) is 34.5 Å². The first-order valence-electron chi connectivity index (χ1n) is 4.85. The number of hydrogen-bond acceptors (Lipinski definition) is 3. The Labute approximate surface area is 110 Å². The summed E-state index contributed by atoms with van der Waals surface area (Å²) in [6.07, 6.45) is 0. The van der Waals surface area contributed by atoms with Gasteiger partial charge in [0.2, 0.25) is 5.71 Å². The highest BCUT2D eigenvalue weighted by molar-refractivity contribution is 14.1. The van der Waals surface area contributed by atoms with Crippen LogP contribution in [0.4, 0.5) is 0 Å². The Morgan fingerprint density at radius 3 is 2.82 bits per heavy atom. The number of aromatic nitrogens is 1. The molecule has 0 saturated carbocycles. The van der Waals surface area contributed by atoms with Gasteiger partial charge in [0.1, 0.15) is 5.58 Å². The van der Waals surface area contributed by atoms with Crippen molar-refractivity contribution in [2.45, 2.75) is 0 Å². The van der Waals surface area contributed by atoms with Gasteiger partial charge in [0, 0.05) is 16.8 Å². The van der Waals surface area contributed by atoms with E-state index in [1.165, 1.54) is 8.85 Å². The lowest BCUT2D eigenvalue weighted by Crippen LogP contribution is -2.08. The van der Waals surface area contributed by atoms with E-state index in [4.69, 9.17) is 9.68 Å². The van der Waals surface area contributed by atoms with E-state index in [0.29, 0.717) is 16.9 Å².